The molecule has 2 unspecified atom stereocenters. The van der Waals surface area contributed by atoms with Crippen LogP contribution in [-0.4, -0.2) is 42.9 Å². The van der Waals surface area contributed by atoms with E-state index in [1.807, 2.05) is 0 Å². The quantitative estimate of drug-likeness (QED) is 0.754. The predicted octanol–water partition coefficient (Wildman–Crippen LogP) is 2.07. The molecule has 2 N–H and O–H groups in total. The van der Waals surface area contributed by atoms with Gasteiger partial charge < -0.3 is 5.32 Å². The predicted molar refractivity (Wildman–Crippen MR) is 91.6 cm³/mol. The third kappa shape index (κ3) is 5.22. The molecule has 2 aliphatic rings. The molecule has 0 saturated heterocycles. The highest BCUT2D eigenvalue weighted by atomic mass is 32.2. The van der Waals surface area contributed by atoms with Crippen LogP contribution in [-0.2, 0) is 16.2 Å². The smallest absolute Gasteiger partial charge is 0.350 e. The van der Waals surface area contributed by atoms with Crippen molar-refractivity contribution in [3.63, 3.8) is 0 Å². The highest BCUT2D eigenvalue weighted by Crippen LogP contribution is 2.38. The van der Waals surface area contributed by atoms with Crippen molar-refractivity contribution < 1.29 is 26.4 Å². The summed E-state index contributed by atoms with van der Waals surface area (Å²) in [4.78, 5) is 12.5. The van der Waals surface area contributed by atoms with E-state index in [0.29, 0.717) is 19.3 Å². The van der Waals surface area contributed by atoms with Crippen molar-refractivity contribution in [2.75, 3.05) is 12.8 Å². The summed E-state index contributed by atoms with van der Waals surface area (Å²) in [5, 5.41) is 6.23. The first kappa shape index (κ1) is 20.1. The maximum absolute atomic E-state index is 12.9. The highest BCUT2D eigenvalue weighted by Gasteiger charge is 2.39. The Morgan fingerprint density at radius 2 is 1.93 bits per heavy atom. The zero-order valence-electron chi connectivity index (χ0n) is 14.9. The number of aromatic nitrogens is 2. The van der Waals surface area contributed by atoms with Gasteiger partial charge in [0.25, 0.3) is 5.91 Å². The lowest BCUT2D eigenvalue weighted by molar-refractivity contribution is -0.141. The van der Waals surface area contributed by atoms with Crippen molar-refractivity contribution in [3.8, 4) is 0 Å². The van der Waals surface area contributed by atoms with E-state index in [0.717, 1.165) is 36.3 Å². The fraction of sp³-hybridized carbons (Fsp3) is 0.750. The van der Waals surface area contributed by atoms with Gasteiger partial charge in [-0.05, 0) is 31.6 Å². The van der Waals surface area contributed by atoms with Gasteiger partial charge in [0.2, 0.25) is 10.0 Å². The molecule has 0 aromatic carbocycles. The molecule has 27 heavy (non-hydrogen) atoms. The summed E-state index contributed by atoms with van der Waals surface area (Å²) in [5.41, 5.74) is -1.18. The van der Waals surface area contributed by atoms with Gasteiger partial charge in [0.15, 0.2) is 5.69 Å². The summed E-state index contributed by atoms with van der Waals surface area (Å²) in [6.45, 7) is 0.198. The normalized spacial score (nSPS) is 24.0. The van der Waals surface area contributed by atoms with Gasteiger partial charge in [-0.2, -0.15) is 18.3 Å². The number of halogens is 3. The molecule has 7 nitrogen and oxygen atoms in total. The average Bonchev–Trinajstić information content (AvgIpc) is 3.29. The van der Waals surface area contributed by atoms with E-state index in [9.17, 15) is 26.4 Å². The average molecular weight is 408 g/mol. The van der Waals surface area contributed by atoms with Crippen molar-refractivity contribution in [2.45, 2.75) is 56.8 Å². The number of hydrogen-bond acceptors (Lipinski definition) is 4. The van der Waals surface area contributed by atoms with Crippen LogP contribution in [0.5, 0.6) is 0 Å². The fourth-order valence-electron chi connectivity index (χ4n) is 3.50. The van der Waals surface area contributed by atoms with Crippen molar-refractivity contribution in [1.29, 1.82) is 0 Å². The number of sulfonamides is 1. The molecule has 0 bridgehead atoms. The maximum atomic E-state index is 12.9. The Balaban J connectivity index is 1.69. The minimum Gasteiger partial charge on any atom is -0.350 e. The molecule has 152 valence electrons. The summed E-state index contributed by atoms with van der Waals surface area (Å²) < 4.78 is 65.6. The first-order valence-corrected chi connectivity index (χ1v) is 10.9. The number of carbonyl (C=O) groups excluding carboxylic acids is 1. The number of nitrogens with zero attached hydrogens (tertiary/aromatic N) is 2. The summed E-state index contributed by atoms with van der Waals surface area (Å²) in [5.74, 6) is -0.717. The van der Waals surface area contributed by atoms with Gasteiger partial charge in [-0.15, -0.1) is 0 Å². The lowest BCUT2D eigenvalue weighted by Crippen LogP contribution is -2.46. The second kappa shape index (κ2) is 7.42. The number of nitrogens with one attached hydrogen (secondary N) is 2. The summed E-state index contributed by atoms with van der Waals surface area (Å²) >= 11 is 0. The SMILES string of the molecule is CS(=O)(=O)NC1CCCCC1CNC(=O)c1cc(C(F)(F)F)nn1C1CC1. The van der Waals surface area contributed by atoms with E-state index in [1.54, 1.807) is 0 Å². The molecular formula is C16H23F3N4O3S. The summed E-state index contributed by atoms with van der Waals surface area (Å²) in [6, 6.07) is 0.324. The zero-order valence-corrected chi connectivity index (χ0v) is 15.7. The Kier molecular flexibility index (Phi) is 5.53. The van der Waals surface area contributed by atoms with Gasteiger partial charge in [-0.25, -0.2) is 13.1 Å². The maximum Gasteiger partial charge on any atom is 0.435 e. The molecule has 2 saturated carbocycles. The third-order valence-electron chi connectivity index (χ3n) is 4.95. The molecule has 11 heteroatoms. The van der Waals surface area contributed by atoms with Crippen LogP contribution in [0.1, 0.15) is 60.7 Å². The Labute approximate surface area is 155 Å². The monoisotopic (exact) mass is 408 g/mol. The molecule has 1 heterocycles. The third-order valence-corrected chi connectivity index (χ3v) is 5.68. The van der Waals surface area contributed by atoms with Crippen molar-refractivity contribution in [3.05, 3.63) is 17.5 Å². The molecule has 0 aliphatic heterocycles. The van der Waals surface area contributed by atoms with Crippen LogP contribution in [0.15, 0.2) is 6.07 Å². The second-order valence-electron chi connectivity index (χ2n) is 7.34. The second-order valence-corrected chi connectivity index (χ2v) is 9.12. The molecule has 2 fully saturated rings. The van der Waals surface area contributed by atoms with E-state index in [1.165, 1.54) is 0 Å². The van der Waals surface area contributed by atoms with Gasteiger partial charge >= 0.3 is 6.18 Å². The molecule has 1 aromatic rings. The largest absolute Gasteiger partial charge is 0.435 e. The van der Waals surface area contributed by atoms with Crippen molar-refractivity contribution in [1.82, 2.24) is 19.8 Å². The van der Waals surface area contributed by atoms with Crippen LogP contribution >= 0.6 is 0 Å². The van der Waals surface area contributed by atoms with Gasteiger partial charge in [-0.1, -0.05) is 12.8 Å². The molecule has 2 aliphatic carbocycles. The topological polar surface area (TPSA) is 93.1 Å². The summed E-state index contributed by atoms with van der Waals surface area (Å²) in [6.07, 6.45) is 1.09. The van der Waals surface area contributed by atoms with Crippen LogP contribution < -0.4 is 10.0 Å². The molecular weight excluding hydrogens is 385 g/mol. The van der Waals surface area contributed by atoms with Crippen LogP contribution in [0.2, 0.25) is 0 Å². The minimum absolute atomic E-state index is 0.100. The lowest BCUT2D eigenvalue weighted by atomic mass is 9.85. The van der Waals surface area contributed by atoms with E-state index >= 15 is 0 Å². The van der Waals surface area contributed by atoms with Crippen LogP contribution in [0.3, 0.4) is 0 Å². The van der Waals surface area contributed by atoms with E-state index in [-0.39, 0.29) is 30.2 Å². The first-order valence-electron chi connectivity index (χ1n) is 8.97. The Hall–Kier alpha value is -1.62. The Morgan fingerprint density at radius 1 is 1.26 bits per heavy atom. The van der Waals surface area contributed by atoms with Gasteiger partial charge in [-0.3, -0.25) is 9.48 Å². The summed E-state index contributed by atoms with van der Waals surface area (Å²) in [7, 11) is -3.37. The molecule has 1 aromatic heterocycles. The molecule has 1 amide bonds. The van der Waals surface area contributed by atoms with E-state index in [4.69, 9.17) is 0 Å². The van der Waals surface area contributed by atoms with Crippen molar-refractivity contribution >= 4 is 15.9 Å². The molecule has 2 atom stereocenters. The molecule has 3 rings (SSSR count). The Bertz CT molecular complexity index is 802. The molecule has 0 radical (unpaired) electrons. The zero-order chi connectivity index (χ0) is 19.8. The number of amides is 1. The number of carbonyl (C=O) groups is 1. The lowest BCUT2D eigenvalue weighted by Gasteiger charge is -2.31. The number of hydrogen-bond donors (Lipinski definition) is 2. The number of alkyl halides is 3. The fourth-order valence-corrected chi connectivity index (χ4v) is 4.36. The highest BCUT2D eigenvalue weighted by molar-refractivity contribution is 7.88. The van der Waals surface area contributed by atoms with Gasteiger partial charge in [0.05, 0.1) is 12.3 Å². The minimum atomic E-state index is -4.61. The standard InChI is InChI=1S/C16H23F3N4O3S/c1-27(25,26)22-12-5-3-2-4-10(12)9-20-15(24)13-8-14(16(17,18)19)21-23(13)11-6-7-11/h8,10-12,22H,2-7,9H2,1H3,(H,20,24). The van der Waals surface area contributed by atoms with Crippen LogP contribution in [0.4, 0.5) is 13.2 Å². The van der Waals surface area contributed by atoms with E-state index < -0.39 is 27.8 Å². The van der Waals surface area contributed by atoms with Gasteiger partial charge in [0, 0.05) is 18.7 Å². The first-order chi connectivity index (χ1) is 12.5. The van der Waals surface area contributed by atoms with Crippen LogP contribution in [0, 0.1) is 5.92 Å². The van der Waals surface area contributed by atoms with Crippen LogP contribution in [0.25, 0.3) is 0 Å². The molecule has 0 spiro atoms. The van der Waals surface area contributed by atoms with E-state index in [2.05, 4.69) is 15.1 Å². The van der Waals surface area contributed by atoms with Gasteiger partial charge in [0.1, 0.15) is 5.69 Å². The Morgan fingerprint density at radius 3 is 2.52 bits per heavy atom. The number of rotatable bonds is 6. The van der Waals surface area contributed by atoms with Crippen molar-refractivity contribution in [2.24, 2.45) is 5.92 Å².